The zero-order valence-corrected chi connectivity index (χ0v) is 13.5. The molecule has 21 heavy (non-hydrogen) atoms. The average molecular weight is 308 g/mol. The summed E-state index contributed by atoms with van der Waals surface area (Å²) in [7, 11) is -2.10. The van der Waals surface area contributed by atoms with E-state index in [1.807, 2.05) is 13.8 Å². The lowest BCUT2D eigenvalue weighted by Crippen LogP contribution is -2.27. The van der Waals surface area contributed by atoms with Gasteiger partial charge in [-0.1, -0.05) is 0 Å². The highest BCUT2D eigenvalue weighted by molar-refractivity contribution is 7.89. The van der Waals surface area contributed by atoms with Crippen LogP contribution in [0.15, 0.2) is 33.8 Å². The van der Waals surface area contributed by atoms with E-state index in [0.29, 0.717) is 5.76 Å². The van der Waals surface area contributed by atoms with E-state index in [9.17, 15) is 8.42 Å². The summed E-state index contributed by atoms with van der Waals surface area (Å²) in [6.45, 7) is 5.83. The molecule has 0 radical (unpaired) electrons. The van der Waals surface area contributed by atoms with Crippen molar-refractivity contribution in [2.45, 2.75) is 32.2 Å². The van der Waals surface area contributed by atoms with Crippen LogP contribution < -0.4 is 5.73 Å². The van der Waals surface area contributed by atoms with Crippen molar-refractivity contribution in [2.75, 3.05) is 12.8 Å². The van der Waals surface area contributed by atoms with Gasteiger partial charge in [-0.05, 0) is 50.1 Å². The minimum Gasteiger partial charge on any atom is -0.469 e. The molecule has 6 heteroatoms. The largest absolute Gasteiger partial charge is 0.469 e. The van der Waals surface area contributed by atoms with E-state index in [4.69, 9.17) is 10.2 Å². The lowest BCUT2D eigenvalue weighted by atomic mass is 10.1. The molecule has 0 unspecified atom stereocenters. The number of nitrogens with two attached hydrogens (primary N) is 1. The van der Waals surface area contributed by atoms with Gasteiger partial charge in [-0.25, -0.2) is 8.42 Å². The average Bonchev–Trinajstić information content (AvgIpc) is 2.79. The molecule has 0 atom stereocenters. The summed E-state index contributed by atoms with van der Waals surface area (Å²) >= 11 is 0. The monoisotopic (exact) mass is 308 g/mol. The fourth-order valence-corrected chi connectivity index (χ4v) is 3.43. The lowest BCUT2D eigenvalue weighted by molar-refractivity contribution is 0.459. The zero-order chi connectivity index (χ0) is 15.8. The van der Waals surface area contributed by atoms with Crippen molar-refractivity contribution in [1.82, 2.24) is 4.31 Å². The van der Waals surface area contributed by atoms with Crippen molar-refractivity contribution in [3.05, 3.63) is 46.9 Å². The first-order valence-electron chi connectivity index (χ1n) is 6.59. The Labute approximate surface area is 125 Å². The van der Waals surface area contributed by atoms with Crippen LogP contribution in [0.5, 0.6) is 0 Å². The molecule has 0 bridgehead atoms. The first-order chi connectivity index (χ1) is 9.73. The third kappa shape index (κ3) is 2.96. The molecule has 0 fully saturated rings. The van der Waals surface area contributed by atoms with Crippen molar-refractivity contribution >= 4 is 15.7 Å². The van der Waals surface area contributed by atoms with Gasteiger partial charge in [-0.2, -0.15) is 4.31 Å². The number of sulfonamides is 1. The Morgan fingerprint density at radius 3 is 2.38 bits per heavy atom. The first-order valence-corrected chi connectivity index (χ1v) is 8.03. The fourth-order valence-electron chi connectivity index (χ4n) is 2.10. The number of hydrogen-bond donors (Lipinski definition) is 1. The molecule has 0 saturated carbocycles. The van der Waals surface area contributed by atoms with Crippen LogP contribution >= 0.6 is 0 Å². The van der Waals surface area contributed by atoms with Gasteiger partial charge in [-0.15, -0.1) is 0 Å². The smallest absolute Gasteiger partial charge is 0.245 e. The molecule has 1 aromatic heterocycles. The Kier molecular flexibility index (Phi) is 4.11. The second-order valence-electron chi connectivity index (χ2n) is 5.24. The molecule has 114 valence electrons. The number of anilines is 1. The van der Waals surface area contributed by atoms with E-state index in [2.05, 4.69) is 0 Å². The normalized spacial score (nSPS) is 12.0. The van der Waals surface area contributed by atoms with Crippen LogP contribution in [0.1, 0.15) is 22.5 Å². The number of furan rings is 1. The summed E-state index contributed by atoms with van der Waals surface area (Å²) in [5.41, 5.74) is 8.87. The summed E-state index contributed by atoms with van der Waals surface area (Å²) in [6, 6.07) is 5.09. The summed E-state index contributed by atoms with van der Waals surface area (Å²) in [6.07, 6.45) is 1.55. The third-order valence-corrected chi connectivity index (χ3v) is 5.53. The molecule has 0 aliphatic heterocycles. The van der Waals surface area contributed by atoms with Gasteiger partial charge in [0.15, 0.2) is 0 Å². The Bertz CT molecular complexity index is 763. The minimum atomic E-state index is -3.64. The zero-order valence-electron chi connectivity index (χ0n) is 12.7. The molecule has 0 saturated heterocycles. The molecule has 0 aliphatic carbocycles. The van der Waals surface area contributed by atoms with Gasteiger partial charge in [0, 0.05) is 19.2 Å². The summed E-state index contributed by atoms with van der Waals surface area (Å²) < 4.78 is 31.8. The number of nitrogens with zero attached hydrogens (tertiary/aromatic N) is 1. The van der Waals surface area contributed by atoms with Crippen LogP contribution in [0.4, 0.5) is 5.69 Å². The predicted octanol–water partition coefficient (Wildman–Crippen LogP) is 2.61. The van der Waals surface area contributed by atoms with Gasteiger partial charge in [0.25, 0.3) is 0 Å². The van der Waals surface area contributed by atoms with Gasteiger partial charge in [0.2, 0.25) is 10.0 Å². The summed E-state index contributed by atoms with van der Waals surface area (Å²) in [5, 5.41) is 0. The quantitative estimate of drug-likeness (QED) is 0.881. The van der Waals surface area contributed by atoms with Crippen molar-refractivity contribution in [1.29, 1.82) is 0 Å². The van der Waals surface area contributed by atoms with Crippen molar-refractivity contribution < 1.29 is 12.8 Å². The van der Waals surface area contributed by atoms with Crippen molar-refractivity contribution in [2.24, 2.45) is 0 Å². The third-order valence-electron chi connectivity index (χ3n) is 3.67. The molecule has 1 aromatic carbocycles. The van der Waals surface area contributed by atoms with E-state index >= 15 is 0 Å². The Morgan fingerprint density at radius 1 is 1.19 bits per heavy atom. The van der Waals surface area contributed by atoms with Gasteiger partial charge in [0.1, 0.15) is 10.7 Å². The highest BCUT2D eigenvalue weighted by atomic mass is 32.2. The maximum Gasteiger partial charge on any atom is 0.245 e. The standard InChI is InChI=1S/C15H20N2O3S/c1-10-7-14(16)15(8-11(10)2)21(18,19)17(4)9-13-5-6-20-12(13)3/h5-8H,9,16H2,1-4H3. The van der Waals surface area contributed by atoms with Gasteiger partial charge < -0.3 is 10.2 Å². The number of hydrogen-bond acceptors (Lipinski definition) is 4. The highest BCUT2D eigenvalue weighted by Gasteiger charge is 2.24. The molecule has 2 rings (SSSR count). The van der Waals surface area contributed by atoms with Crippen LogP contribution in [-0.4, -0.2) is 19.8 Å². The topological polar surface area (TPSA) is 76.5 Å². The van der Waals surface area contributed by atoms with Gasteiger partial charge in [0.05, 0.1) is 12.0 Å². The highest BCUT2D eigenvalue weighted by Crippen LogP contribution is 2.26. The van der Waals surface area contributed by atoms with E-state index in [1.165, 1.54) is 11.4 Å². The molecule has 0 amide bonds. The van der Waals surface area contributed by atoms with E-state index in [1.54, 1.807) is 31.4 Å². The fraction of sp³-hybridized carbons (Fsp3) is 0.333. The summed E-state index contributed by atoms with van der Waals surface area (Å²) in [4.78, 5) is 0.147. The molecule has 2 aromatic rings. The van der Waals surface area contributed by atoms with Crippen LogP contribution in [0.25, 0.3) is 0 Å². The molecule has 0 aliphatic rings. The maximum absolute atomic E-state index is 12.7. The van der Waals surface area contributed by atoms with Crippen LogP contribution in [-0.2, 0) is 16.6 Å². The Balaban J connectivity index is 2.38. The van der Waals surface area contributed by atoms with Crippen LogP contribution in [0, 0.1) is 20.8 Å². The second kappa shape index (κ2) is 5.54. The van der Waals surface area contributed by atoms with E-state index < -0.39 is 10.0 Å². The first kappa shape index (κ1) is 15.6. The molecular weight excluding hydrogens is 288 g/mol. The van der Waals surface area contributed by atoms with Crippen LogP contribution in [0.2, 0.25) is 0 Å². The van der Waals surface area contributed by atoms with E-state index in [0.717, 1.165) is 16.7 Å². The van der Waals surface area contributed by atoms with Crippen LogP contribution in [0.3, 0.4) is 0 Å². The number of benzene rings is 1. The van der Waals surface area contributed by atoms with Crippen molar-refractivity contribution in [3.8, 4) is 0 Å². The van der Waals surface area contributed by atoms with Crippen molar-refractivity contribution in [3.63, 3.8) is 0 Å². The number of rotatable bonds is 4. The Morgan fingerprint density at radius 2 is 1.81 bits per heavy atom. The molecule has 0 spiro atoms. The molecular formula is C15H20N2O3S. The minimum absolute atomic E-state index is 0.147. The lowest BCUT2D eigenvalue weighted by Gasteiger charge is -2.19. The van der Waals surface area contributed by atoms with E-state index in [-0.39, 0.29) is 17.1 Å². The molecule has 2 N–H and O–H groups in total. The SMILES string of the molecule is Cc1cc(N)c(S(=O)(=O)N(C)Cc2ccoc2C)cc1C. The molecule has 5 nitrogen and oxygen atoms in total. The predicted molar refractivity (Wildman–Crippen MR) is 82.4 cm³/mol. The molecule has 1 heterocycles. The number of nitrogen functional groups attached to an aromatic ring is 1. The maximum atomic E-state index is 12.7. The number of aryl methyl sites for hydroxylation is 3. The van der Waals surface area contributed by atoms with Gasteiger partial charge in [-0.3, -0.25) is 0 Å². The Hall–Kier alpha value is -1.79. The summed E-state index contributed by atoms with van der Waals surface area (Å²) in [5.74, 6) is 0.713. The van der Waals surface area contributed by atoms with Gasteiger partial charge >= 0.3 is 0 Å². The second-order valence-corrected chi connectivity index (χ2v) is 7.25.